The van der Waals surface area contributed by atoms with Crippen molar-refractivity contribution in [2.45, 2.75) is 24.5 Å². The van der Waals surface area contributed by atoms with E-state index in [1.165, 1.54) is 0 Å². The van der Waals surface area contributed by atoms with E-state index < -0.39 is 11.2 Å². The summed E-state index contributed by atoms with van der Waals surface area (Å²) in [5.74, 6) is 0. The molecule has 0 radical (unpaired) electrons. The average molecular weight is 595 g/mol. The van der Waals surface area contributed by atoms with Crippen LogP contribution in [0.15, 0.2) is 164 Å². The van der Waals surface area contributed by atoms with E-state index in [0.29, 0.717) is 22.3 Å². The fraction of sp³-hybridized carbons (Fsp3) is 0.0909. The van der Waals surface area contributed by atoms with Gasteiger partial charge in [-0.05, 0) is 67.3 Å². The molecule has 7 aromatic rings. The first-order valence-electron chi connectivity index (χ1n) is 16.0. The topological polar surface area (TPSA) is 40.5 Å². The van der Waals surface area contributed by atoms with Gasteiger partial charge in [-0.3, -0.25) is 0 Å². The molecule has 0 aliphatic heterocycles. The summed E-state index contributed by atoms with van der Waals surface area (Å²) in [6.45, 7) is 2.12. The third-order valence-electron chi connectivity index (χ3n) is 9.72. The molecule has 2 atom stereocenters. The lowest BCUT2D eigenvalue weighted by molar-refractivity contribution is 0.0758. The maximum absolute atomic E-state index is 13.8. The Kier molecular flexibility index (Phi) is 6.72. The zero-order valence-corrected chi connectivity index (χ0v) is 25.7. The lowest BCUT2D eigenvalue weighted by Gasteiger charge is -2.48. The summed E-state index contributed by atoms with van der Waals surface area (Å²) in [5.41, 5.74) is 6.01. The van der Waals surface area contributed by atoms with Gasteiger partial charge in [0.2, 0.25) is 0 Å². The number of aliphatic hydroxyl groups is 2. The summed E-state index contributed by atoms with van der Waals surface area (Å²) < 4.78 is 0. The van der Waals surface area contributed by atoms with Gasteiger partial charge in [0.1, 0.15) is 11.2 Å². The first kappa shape index (κ1) is 28.2. The number of hydrogen-bond acceptors (Lipinski definition) is 2. The fourth-order valence-corrected chi connectivity index (χ4v) is 7.63. The van der Waals surface area contributed by atoms with Gasteiger partial charge < -0.3 is 10.2 Å². The first-order chi connectivity index (χ1) is 22.6. The molecule has 1 aliphatic rings. The molecule has 46 heavy (non-hydrogen) atoms. The van der Waals surface area contributed by atoms with Crippen molar-refractivity contribution in [1.29, 1.82) is 0 Å². The van der Waals surface area contributed by atoms with Gasteiger partial charge in [0, 0.05) is 11.1 Å². The second-order valence-corrected chi connectivity index (χ2v) is 12.2. The van der Waals surface area contributed by atoms with E-state index in [0.717, 1.165) is 56.1 Å². The Morgan fingerprint density at radius 2 is 0.826 bits per heavy atom. The van der Waals surface area contributed by atoms with Crippen molar-refractivity contribution < 1.29 is 10.2 Å². The Balaban J connectivity index is 1.71. The van der Waals surface area contributed by atoms with Crippen LogP contribution in [0.25, 0.3) is 33.0 Å². The van der Waals surface area contributed by atoms with Gasteiger partial charge in [0.15, 0.2) is 0 Å². The van der Waals surface area contributed by atoms with Crippen LogP contribution >= 0.6 is 0 Å². The van der Waals surface area contributed by atoms with Crippen LogP contribution in [0.2, 0.25) is 0 Å². The molecule has 7 aromatic carbocycles. The molecule has 2 heteroatoms. The average Bonchev–Trinajstić information content (AvgIpc) is 3.14. The molecule has 0 bridgehead atoms. The second kappa shape index (κ2) is 11.0. The molecule has 1 aliphatic carbocycles. The van der Waals surface area contributed by atoms with Crippen LogP contribution in [0.1, 0.15) is 45.9 Å². The summed E-state index contributed by atoms with van der Waals surface area (Å²) in [4.78, 5) is 0. The molecule has 8 rings (SSSR count). The highest BCUT2D eigenvalue weighted by Gasteiger charge is 2.54. The SMILES string of the molecule is CCc1ccc2c(c1)[C@](O)(c1ccccc1)c1c(c(-c3ccccc3)c3ccccc3c1-c1ccccc1)[C@]2(O)c1ccccc1. The molecule has 0 unspecified atom stereocenters. The van der Waals surface area contributed by atoms with Crippen LogP contribution in [0.3, 0.4) is 0 Å². The number of benzene rings is 7. The third kappa shape index (κ3) is 4.04. The highest BCUT2D eigenvalue weighted by Crippen LogP contribution is 2.60. The van der Waals surface area contributed by atoms with Crippen LogP contribution in [0.5, 0.6) is 0 Å². The van der Waals surface area contributed by atoms with Gasteiger partial charge in [-0.25, -0.2) is 0 Å². The van der Waals surface area contributed by atoms with Crippen molar-refractivity contribution in [3.63, 3.8) is 0 Å². The van der Waals surface area contributed by atoms with Crippen molar-refractivity contribution in [3.8, 4) is 22.3 Å². The van der Waals surface area contributed by atoms with Crippen LogP contribution in [-0.2, 0) is 17.6 Å². The van der Waals surface area contributed by atoms with Gasteiger partial charge in [-0.1, -0.05) is 171 Å². The lowest BCUT2D eigenvalue weighted by atomic mass is 9.59. The number of rotatable bonds is 5. The van der Waals surface area contributed by atoms with Gasteiger partial charge in [-0.2, -0.15) is 0 Å². The zero-order chi connectivity index (χ0) is 31.3. The number of hydrogen-bond donors (Lipinski definition) is 2. The van der Waals surface area contributed by atoms with Crippen molar-refractivity contribution >= 4 is 10.8 Å². The monoisotopic (exact) mass is 594 g/mol. The molecule has 0 saturated heterocycles. The minimum atomic E-state index is -1.59. The molecule has 0 spiro atoms. The predicted molar refractivity (Wildman–Crippen MR) is 188 cm³/mol. The molecule has 2 N–H and O–H groups in total. The molecule has 0 aromatic heterocycles. The van der Waals surface area contributed by atoms with E-state index in [-0.39, 0.29) is 0 Å². The second-order valence-electron chi connectivity index (χ2n) is 12.2. The van der Waals surface area contributed by atoms with E-state index >= 15 is 0 Å². The Labute approximate surface area is 269 Å². The zero-order valence-electron chi connectivity index (χ0n) is 25.7. The predicted octanol–water partition coefficient (Wildman–Crippen LogP) is 9.62. The Hall–Kier alpha value is -5.28. The summed E-state index contributed by atoms with van der Waals surface area (Å²) >= 11 is 0. The van der Waals surface area contributed by atoms with Crippen LogP contribution < -0.4 is 0 Å². The minimum Gasteiger partial charge on any atom is -0.376 e. The molecule has 0 amide bonds. The van der Waals surface area contributed by atoms with E-state index in [9.17, 15) is 10.2 Å². The Morgan fingerprint density at radius 1 is 0.435 bits per heavy atom. The normalized spacial score (nSPS) is 18.6. The lowest BCUT2D eigenvalue weighted by Crippen LogP contribution is -2.45. The Bertz CT molecular complexity index is 2190. The standard InChI is InChI=1S/C44H34O2/c1-2-30-27-28-37-38(29-30)44(46,34-23-13-6-14-24-34)42-40(32-19-9-4-10-20-32)36-26-16-15-25-35(36)39(31-17-7-3-8-18-31)41(42)43(37,45)33-21-11-5-12-22-33/h3-29,45-46H,2H2,1H3/t43-,44+/m0/s1. The van der Waals surface area contributed by atoms with E-state index in [1.807, 2.05) is 103 Å². The summed E-state index contributed by atoms with van der Waals surface area (Å²) in [7, 11) is 0. The molecule has 222 valence electrons. The van der Waals surface area contributed by atoms with Crippen LogP contribution in [0.4, 0.5) is 0 Å². The van der Waals surface area contributed by atoms with Crippen LogP contribution in [0, 0.1) is 0 Å². The van der Waals surface area contributed by atoms with Crippen molar-refractivity contribution in [3.05, 3.63) is 203 Å². The molecular formula is C44H34O2. The fourth-order valence-electron chi connectivity index (χ4n) is 7.63. The quantitative estimate of drug-likeness (QED) is 0.208. The summed E-state index contributed by atoms with van der Waals surface area (Å²) in [6.07, 6.45) is 0.799. The van der Waals surface area contributed by atoms with Crippen LogP contribution in [-0.4, -0.2) is 10.2 Å². The maximum Gasteiger partial charge on any atom is 0.142 e. The minimum absolute atomic E-state index is 0.682. The number of fused-ring (bicyclic) bond motifs is 3. The molecule has 0 saturated carbocycles. The van der Waals surface area contributed by atoms with Crippen molar-refractivity contribution in [2.24, 2.45) is 0 Å². The van der Waals surface area contributed by atoms with E-state index in [4.69, 9.17) is 0 Å². The van der Waals surface area contributed by atoms with Gasteiger partial charge in [0.05, 0.1) is 0 Å². The van der Waals surface area contributed by atoms with Gasteiger partial charge in [0.25, 0.3) is 0 Å². The van der Waals surface area contributed by atoms with Gasteiger partial charge >= 0.3 is 0 Å². The van der Waals surface area contributed by atoms with Crippen molar-refractivity contribution in [1.82, 2.24) is 0 Å². The molecule has 0 fully saturated rings. The van der Waals surface area contributed by atoms with E-state index in [1.54, 1.807) is 0 Å². The smallest absolute Gasteiger partial charge is 0.142 e. The molecule has 2 nitrogen and oxygen atoms in total. The summed E-state index contributed by atoms with van der Waals surface area (Å²) in [6, 6.07) is 55.1. The Morgan fingerprint density at radius 3 is 1.26 bits per heavy atom. The molecular weight excluding hydrogens is 560 g/mol. The highest BCUT2D eigenvalue weighted by molar-refractivity contribution is 6.09. The first-order valence-corrected chi connectivity index (χ1v) is 16.0. The van der Waals surface area contributed by atoms with Crippen molar-refractivity contribution in [2.75, 3.05) is 0 Å². The summed E-state index contributed by atoms with van der Waals surface area (Å²) in [5, 5.41) is 29.6. The molecule has 0 heterocycles. The van der Waals surface area contributed by atoms with E-state index in [2.05, 4.69) is 67.6 Å². The maximum atomic E-state index is 13.8. The highest BCUT2D eigenvalue weighted by atomic mass is 16.3. The van der Waals surface area contributed by atoms with Gasteiger partial charge in [-0.15, -0.1) is 0 Å². The number of aryl methyl sites for hydroxylation is 1. The largest absolute Gasteiger partial charge is 0.376 e. The third-order valence-corrected chi connectivity index (χ3v) is 9.72.